The maximum absolute atomic E-state index is 12.5. The summed E-state index contributed by atoms with van der Waals surface area (Å²) in [5, 5.41) is -0.0601. The topological polar surface area (TPSA) is 61.2 Å². The Morgan fingerprint density at radius 1 is 1.65 bits per heavy atom. The van der Waals surface area contributed by atoms with Gasteiger partial charge in [-0.2, -0.15) is 0 Å². The molecular formula is C13H13ClN2O3S. The van der Waals surface area contributed by atoms with Crippen molar-refractivity contribution < 1.29 is 9.53 Å². The summed E-state index contributed by atoms with van der Waals surface area (Å²) in [6, 6.07) is 0. The second kappa shape index (κ2) is 5.27. The molecule has 1 fully saturated rings. The van der Waals surface area contributed by atoms with Crippen LogP contribution in [0.3, 0.4) is 0 Å². The van der Waals surface area contributed by atoms with E-state index >= 15 is 0 Å². The highest BCUT2D eigenvalue weighted by Gasteiger charge is 2.20. The third kappa shape index (κ3) is 2.28. The molecule has 7 heteroatoms. The predicted octanol–water partition coefficient (Wildman–Crippen LogP) is 2.32. The van der Waals surface area contributed by atoms with Crippen molar-refractivity contribution in [3.63, 3.8) is 0 Å². The van der Waals surface area contributed by atoms with Crippen LogP contribution in [0.2, 0.25) is 0 Å². The summed E-state index contributed by atoms with van der Waals surface area (Å²) in [7, 11) is 0. The van der Waals surface area contributed by atoms with E-state index in [9.17, 15) is 9.59 Å². The quantitative estimate of drug-likeness (QED) is 0.816. The molecule has 1 aliphatic heterocycles. The molecule has 106 valence electrons. The van der Waals surface area contributed by atoms with Crippen molar-refractivity contribution in [2.45, 2.75) is 32.4 Å². The van der Waals surface area contributed by atoms with Gasteiger partial charge in [-0.3, -0.25) is 14.2 Å². The van der Waals surface area contributed by atoms with Crippen LogP contribution in [0.1, 0.15) is 28.1 Å². The summed E-state index contributed by atoms with van der Waals surface area (Å²) < 4.78 is 7.09. The Morgan fingerprint density at radius 3 is 3.10 bits per heavy atom. The van der Waals surface area contributed by atoms with E-state index in [0.29, 0.717) is 27.2 Å². The van der Waals surface area contributed by atoms with Crippen LogP contribution in [0.15, 0.2) is 11.1 Å². The summed E-state index contributed by atoms with van der Waals surface area (Å²) >= 11 is 6.68. The van der Waals surface area contributed by atoms with Crippen molar-refractivity contribution in [3.05, 3.63) is 27.1 Å². The van der Waals surface area contributed by atoms with E-state index in [1.165, 1.54) is 6.33 Å². The van der Waals surface area contributed by atoms with Gasteiger partial charge in [0.25, 0.3) is 10.8 Å². The second-order valence-electron chi connectivity index (χ2n) is 4.85. The molecule has 0 aliphatic carbocycles. The normalized spacial score (nSPS) is 18.8. The van der Waals surface area contributed by atoms with E-state index in [2.05, 4.69) is 4.98 Å². The van der Waals surface area contributed by atoms with Crippen molar-refractivity contribution >= 4 is 38.4 Å². The Balaban J connectivity index is 2.07. The molecule has 2 aromatic rings. The maximum Gasteiger partial charge on any atom is 0.262 e. The highest BCUT2D eigenvalue weighted by molar-refractivity contribution is 7.22. The highest BCUT2D eigenvalue weighted by atomic mass is 35.5. The number of hydrogen-bond donors (Lipinski definition) is 0. The van der Waals surface area contributed by atoms with E-state index in [-0.39, 0.29) is 11.7 Å². The molecule has 0 amide bonds. The van der Waals surface area contributed by atoms with Gasteiger partial charge in [0.15, 0.2) is 0 Å². The molecule has 0 unspecified atom stereocenters. The van der Waals surface area contributed by atoms with Gasteiger partial charge in [0.1, 0.15) is 4.83 Å². The number of rotatable bonds is 3. The molecule has 20 heavy (non-hydrogen) atoms. The van der Waals surface area contributed by atoms with Crippen molar-refractivity contribution in [3.8, 4) is 0 Å². The maximum atomic E-state index is 12.5. The fourth-order valence-electron chi connectivity index (χ4n) is 2.48. The number of thiophene rings is 1. The Kier molecular flexibility index (Phi) is 3.62. The molecule has 0 spiro atoms. The second-order valence-corrected chi connectivity index (χ2v) is 6.19. The van der Waals surface area contributed by atoms with Gasteiger partial charge < -0.3 is 4.74 Å². The summed E-state index contributed by atoms with van der Waals surface area (Å²) in [4.78, 5) is 29.0. The van der Waals surface area contributed by atoms with Gasteiger partial charge >= 0.3 is 0 Å². The zero-order valence-electron chi connectivity index (χ0n) is 10.9. The first-order chi connectivity index (χ1) is 9.58. The van der Waals surface area contributed by atoms with Crippen molar-refractivity contribution in [2.24, 2.45) is 0 Å². The van der Waals surface area contributed by atoms with E-state index in [0.717, 1.165) is 30.8 Å². The number of nitrogens with zero attached hydrogens (tertiary/aromatic N) is 2. The van der Waals surface area contributed by atoms with E-state index < -0.39 is 5.24 Å². The third-order valence-electron chi connectivity index (χ3n) is 3.52. The number of carbonyl (C=O) groups excluding carboxylic acids is 1. The lowest BCUT2D eigenvalue weighted by Gasteiger charge is -2.11. The fourth-order valence-corrected chi connectivity index (χ4v) is 3.71. The Morgan fingerprint density at radius 2 is 2.45 bits per heavy atom. The van der Waals surface area contributed by atoms with Crippen LogP contribution in [0.25, 0.3) is 10.2 Å². The fraction of sp³-hybridized carbons (Fsp3) is 0.462. The lowest BCUT2D eigenvalue weighted by Crippen LogP contribution is -2.26. The number of fused-ring (bicyclic) bond motifs is 1. The molecule has 1 saturated heterocycles. The van der Waals surface area contributed by atoms with Crippen LogP contribution in [-0.4, -0.2) is 27.5 Å². The average molecular weight is 313 g/mol. The molecule has 0 radical (unpaired) electrons. The summed E-state index contributed by atoms with van der Waals surface area (Å²) in [5.74, 6) is 0. The molecule has 3 heterocycles. The summed E-state index contributed by atoms with van der Waals surface area (Å²) in [6.07, 6.45) is 3.57. The number of carbonyl (C=O) groups is 1. The van der Waals surface area contributed by atoms with Gasteiger partial charge in [-0.1, -0.05) is 0 Å². The van der Waals surface area contributed by atoms with Crippen LogP contribution in [0, 0.1) is 6.92 Å². The van der Waals surface area contributed by atoms with Crippen LogP contribution >= 0.6 is 22.9 Å². The van der Waals surface area contributed by atoms with Gasteiger partial charge in [0, 0.05) is 6.61 Å². The molecule has 0 bridgehead atoms. The first-order valence-electron chi connectivity index (χ1n) is 6.38. The number of hydrogen-bond acceptors (Lipinski definition) is 5. The molecular weight excluding hydrogens is 300 g/mol. The molecule has 3 rings (SSSR count). The minimum absolute atomic E-state index is 0.0695. The molecule has 1 aliphatic rings. The van der Waals surface area contributed by atoms with Crippen molar-refractivity contribution in [1.29, 1.82) is 0 Å². The molecule has 0 saturated carbocycles. The summed E-state index contributed by atoms with van der Waals surface area (Å²) in [5.41, 5.74) is 0.479. The molecule has 2 aromatic heterocycles. The van der Waals surface area contributed by atoms with Gasteiger partial charge in [-0.25, -0.2) is 4.98 Å². The van der Waals surface area contributed by atoms with Crippen LogP contribution in [0.5, 0.6) is 0 Å². The van der Waals surface area contributed by atoms with Gasteiger partial charge in [-0.15, -0.1) is 11.3 Å². The van der Waals surface area contributed by atoms with Crippen molar-refractivity contribution in [1.82, 2.24) is 9.55 Å². The van der Waals surface area contributed by atoms with E-state index in [1.807, 2.05) is 0 Å². The van der Waals surface area contributed by atoms with E-state index in [4.69, 9.17) is 16.3 Å². The van der Waals surface area contributed by atoms with Crippen molar-refractivity contribution in [2.75, 3.05) is 6.61 Å². The minimum atomic E-state index is -0.546. The third-order valence-corrected chi connectivity index (χ3v) is 5.02. The zero-order valence-corrected chi connectivity index (χ0v) is 12.5. The number of aromatic nitrogens is 2. The minimum Gasteiger partial charge on any atom is -0.376 e. The smallest absolute Gasteiger partial charge is 0.262 e. The number of halogens is 1. The van der Waals surface area contributed by atoms with Gasteiger partial charge in [-0.05, 0) is 36.9 Å². The molecule has 5 nitrogen and oxygen atoms in total. The molecule has 0 N–H and O–H groups in total. The largest absolute Gasteiger partial charge is 0.376 e. The number of ether oxygens (including phenoxy) is 1. The monoisotopic (exact) mass is 312 g/mol. The highest BCUT2D eigenvalue weighted by Crippen LogP contribution is 2.28. The lowest BCUT2D eigenvalue weighted by atomic mass is 10.2. The molecule has 0 aromatic carbocycles. The van der Waals surface area contributed by atoms with Crippen LogP contribution in [0.4, 0.5) is 0 Å². The SMILES string of the molecule is Cc1c(C(=O)Cl)sc2ncn(C[C@@H]3CCCO3)c(=O)c12. The first-order valence-corrected chi connectivity index (χ1v) is 7.57. The Labute approximate surface area is 124 Å². The first kappa shape index (κ1) is 13.7. The summed E-state index contributed by atoms with van der Waals surface area (Å²) in [6.45, 7) is 2.98. The molecule has 1 atom stereocenters. The van der Waals surface area contributed by atoms with Crippen LogP contribution < -0.4 is 5.56 Å². The Hall–Kier alpha value is -1.24. The zero-order chi connectivity index (χ0) is 14.3. The Bertz CT molecular complexity index is 731. The average Bonchev–Trinajstić information content (AvgIpc) is 3.01. The lowest BCUT2D eigenvalue weighted by molar-refractivity contribution is 0.0960. The van der Waals surface area contributed by atoms with Gasteiger partial charge in [0.05, 0.1) is 29.2 Å². The van der Waals surface area contributed by atoms with E-state index in [1.54, 1.807) is 11.5 Å². The predicted molar refractivity (Wildman–Crippen MR) is 77.8 cm³/mol. The van der Waals surface area contributed by atoms with Crippen LogP contribution in [-0.2, 0) is 11.3 Å². The van der Waals surface area contributed by atoms with Gasteiger partial charge in [0.2, 0.25) is 0 Å². The number of aryl methyl sites for hydroxylation is 1. The standard InChI is InChI=1S/C13H13ClN2O3S/c1-7-9-12(20-10(7)11(14)17)15-6-16(13(9)18)5-8-3-2-4-19-8/h6,8H,2-5H2,1H3/t8-/m0/s1.